The lowest BCUT2D eigenvalue weighted by Crippen LogP contribution is -2.14. The highest BCUT2D eigenvalue weighted by Crippen LogP contribution is 2.25. The predicted molar refractivity (Wildman–Crippen MR) is 167 cm³/mol. The third-order valence-electron chi connectivity index (χ3n) is 6.72. The molecule has 0 aliphatic heterocycles. The van der Waals surface area contributed by atoms with Crippen LogP contribution in [0.15, 0.2) is 121 Å². The fourth-order valence-corrected chi connectivity index (χ4v) is 4.45. The fraction of sp³-hybridized carbons (Fsp3) is 0.118. The number of nitrogens with one attached hydrogen (secondary N) is 2. The van der Waals surface area contributed by atoms with E-state index in [1.807, 2.05) is 48.5 Å². The Morgan fingerprint density at radius 1 is 0.455 bits per heavy atom. The molecule has 0 bridgehead atoms. The van der Waals surface area contributed by atoms with Crippen LogP contribution in [0.1, 0.15) is 22.3 Å². The fourth-order valence-electron chi connectivity index (χ4n) is 4.45. The maximum absolute atomic E-state index is 10.8. The number of ether oxygens (including phenoxy) is 2. The molecule has 10 nitrogen and oxygen atoms in total. The summed E-state index contributed by atoms with van der Waals surface area (Å²) in [6, 6.07) is 35.9. The Labute approximate surface area is 254 Å². The number of hydrogen-bond donors (Lipinski definition) is 2. The van der Waals surface area contributed by atoms with Crippen LogP contribution in [0.3, 0.4) is 0 Å². The number of hydrogen-bond acceptors (Lipinski definition) is 8. The van der Waals surface area contributed by atoms with Gasteiger partial charge in [0.15, 0.2) is 0 Å². The summed E-state index contributed by atoms with van der Waals surface area (Å²) in [6.07, 6.45) is 0. The molecular formula is C34H30N4O6. The number of nitro benzene ring substituents is 2. The summed E-state index contributed by atoms with van der Waals surface area (Å²) in [4.78, 5) is 20.7. The Balaban J connectivity index is 1.03. The van der Waals surface area contributed by atoms with Gasteiger partial charge in [-0.2, -0.15) is 0 Å². The highest BCUT2D eigenvalue weighted by molar-refractivity contribution is 5.40. The average Bonchev–Trinajstić information content (AvgIpc) is 3.03. The molecule has 0 amide bonds. The average molecular weight is 591 g/mol. The molecule has 0 atom stereocenters. The topological polar surface area (TPSA) is 129 Å². The minimum atomic E-state index is -0.438. The van der Waals surface area contributed by atoms with Crippen LogP contribution in [0.4, 0.5) is 11.4 Å². The molecule has 222 valence electrons. The van der Waals surface area contributed by atoms with Crippen LogP contribution in [0, 0.1) is 20.2 Å². The molecule has 5 rings (SSSR count). The maximum atomic E-state index is 10.8. The van der Waals surface area contributed by atoms with E-state index in [0.29, 0.717) is 36.1 Å². The molecule has 0 spiro atoms. The molecule has 0 saturated carbocycles. The van der Waals surface area contributed by atoms with Gasteiger partial charge in [-0.25, -0.2) is 0 Å². The van der Waals surface area contributed by atoms with Gasteiger partial charge in [-0.1, -0.05) is 48.5 Å². The monoisotopic (exact) mass is 590 g/mol. The molecule has 10 heteroatoms. The van der Waals surface area contributed by atoms with Gasteiger partial charge in [0.25, 0.3) is 11.4 Å². The van der Waals surface area contributed by atoms with Crippen LogP contribution in [-0.2, 0) is 26.2 Å². The zero-order valence-electron chi connectivity index (χ0n) is 23.7. The first-order valence-electron chi connectivity index (χ1n) is 13.9. The van der Waals surface area contributed by atoms with Crippen molar-refractivity contribution in [3.63, 3.8) is 0 Å². The Kier molecular flexibility index (Phi) is 9.88. The lowest BCUT2D eigenvalue weighted by atomic mass is 10.1. The second-order valence-electron chi connectivity index (χ2n) is 10.0. The van der Waals surface area contributed by atoms with Crippen molar-refractivity contribution in [2.24, 2.45) is 0 Å². The summed E-state index contributed by atoms with van der Waals surface area (Å²) in [6.45, 7) is 2.85. The van der Waals surface area contributed by atoms with E-state index in [2.05, 4.69) is 34.9 Å². The van der Waals surface area contributed by atoms with Gasteiger partial charge in [-0.15, -0.1) is 0 Å². The van der Waals surface area contributed by atoms with E-state index in [9.17, 15) is 20.2 Å². The Hall–Kier alpha value is -5.58. The van der Waals surface area contributed by atoms with E-state index in [1.165, 1.54) is 35.4 Å². The molecule has 0 saturated heterocycles. The Morgan fingerprint density at radius 2 is 0.773 bits per heavy atom. The molecule has 0 fully saturated rings. The molecule has 0 unspecified atom stereocenters. The predicted octanol–water partition coefficient (Wildman–Crippen LogP) is 7.67. The molecule has 44 heavy (non-hydrogen) atoms. The Bertz CT molecular complexity index is 1570. The van der Waals surface area contributed by atoms with Crippen LogP contribution >= 0.6 is 0 Å². The van der Waals surface area contributed by atoms with Gasteiger partial charge in [-0.05, 0) is 70.8 Å². The van der Waals surface area contributed by atoms with Gasteiger partial charge in [0.05, 0.1) is 9.85 Å². The van der Waals surface area contributed by atoms with Gasteiger partial charge in [0.2, 0.25) is 0 Å². The Morgan fingerprint density at radius 3 is 1.11 bits per heavy atom. The zero-order valence-corrected chi connectivity index (χ0v) is 23.7. The van der Waals surface area contributed by atoms with Crippen molar-refractivity contribution < 1.29 is 19.3 Å². The molecule has 0 aliphatic carbocycles. The van der Waals surface area contributed by atoms with Gasteiger partial charge in [0.1, 0.15) is 23.0 Å². The second kappa shape index (κ2) is 14.5. The van der Waals surface area contributed by atoms with E-state index in [4.69, 9.17) is 9.47 Å². The number of rotatable bonds is 14. The number of benzene rings is 5. The minimum absolute atomic E-state index is 0.0263. The van der Waals surface area contributed by atoms with Crippen molar-refractivity contribution in [2.75, 3.05) is 0 Å². The standard InChI is InChI=1S/C34H30N4O6/c39-37(40)29-8-16-33(17-9-29)43-31-12-4-25(5-13-31)21-35-23-27-2-1-3-28(20-27)24-36-22-26-6-14-32(15-7-26)44-34-18-10-30(11-19-34)38(41)42/h1-20,35-36H,21-24H2. The molecular weight excluding hydrogens is 560 g/mol. The number of non-ortho nitro benzene ring substituents is 2. The minimum Gasteiger partial charge on any atom is -0.457 e. The summed E-state index contributed by atoms with van der Waals surface area (Å²) in [5, 5.41) is 28.6. The lowest BCUT2D eigenvalue weighted by molar-refractivity contribution is -0.385. The highest BCUT2D eigenvalue weighted by Gasteiger charge is 2.07. The molecule has 5 aromatic carbocycles. The third-order valence-corrected chi connectivity index (χ3v) is 6.72. The van der Waals surface area contributed by atoms with E-state index >= 15 is 0 Å². The van der Waals surface area contributed by atoms with Crippen LogP contribution in [0.2, 0.25) is 0 Å². The van der Waals surface area contributed by atoms with Gasteiger partial charge in [-0.3, -0.25) is 20.2 Å². The van der Waals surface area contributed by atoms with E-state index in [1.54, 1.807) is 24.3 Å². The van der Waals surface area contributed by atoms with Crippen molar-refractivity contribution in [2.45, 2.75) is 26.2 Å². The summed E-state index contributed by atoms with van der Waals surface area (Å²) in [7, 11) is 0. The maximum Gasteiger partial charge on any atom is 0.269 e. The quantitative estimate of drug-likeness (QED) is 0.0996. The number of nitrogens with zero attached hydrogens (tertiary/aromatic N) is 2. The highest BCUT2D eigenvalue weighted by atomic mass is 16.6. The molecule has 0 heterocycles. The van der Waals surface area contributed by atoms with Gasteiger partial charge < -0.3 is 20.1 Å². The van der Waals surface area contributed by atoms with Gasteiger partial charge in [0, 0.05) is 50.4 Å². The van der Waals surface area contributed by atoms with Crippen LogP contribution < -0.4 is 20.1 Å². The normalized spacial score (nSPS) is 10.7. The largest absolute Gasteiger partial charge is 0.457 e. The molecule has 5 aromatic rings. The van der Waals surface area contributed by atoms with Crippen molar-refractivity contribution in [1.29, 1.82) is 0 Å². The zero-order chi connectivity index (χ0) is 30.7. The van der Waals surface area contributed by atoms with Crippen molar-refractivity contribution in [1.82, 2.24) is 10.6 Å². The first-order valence-corrected chi connectivity index (χ1v) is 13.9. The van der Waals surface area contributed by atoms with Crippen molar-refractivity contribution in [3.8, 4) is 23.0 Å². The third kappa shape index (κ3) is 8.71. The molecule has 0 aromatic heterocycles. The van der Waals surface area contributed by atoms with Crippen LogP contribution in [0.25, 0.3) is 0 Å². The van der Waals surface area contributed by atoms with Crippen LogP contribution in [-0.4, -0.2) is 9.85 Å². The summed E-state index contributed by atoms with van der Waals surface area (Å²) in [5.41, 5.74) is 4.66. The number of nitro groups is 2. The van der Waals surface area contributed by atoms with Crippen molar-refractivity contribution >= 4 is 11.4 Å². The molecule has 0 aliphatic rings. The van der Waals surface area contributed by atoms with E-state index in [0.717, 1.165) is 24.2 Å². The smallest absolute Gasteiger partial charge is 0.269 e. The lowest BCUT2D eigenvalue weighted by Gasteiger charge is -2.10. The van der Waals surface area contributed by atoms with E-state index in [-0.39, 0.29) is 11.4 Å². The van der Waals surface area contributed by atoms with Gasteiger partial charge >= 0.3 is 0 Å². The summed E-state index contributed by atoms with van der Waals surface area (Å²) >= 11 is 0. The van der Waals surface area contributed by atoms with Crippen LogP contribution in [0.5, 0.6) is 23.0 Å². The first kappa shape index (κ1) is 29.9. The molecule has 0 radical (unpaired) electrons. The van der Waals surface area contributed by atoms with Crippen molar-refractivity contribution in [3.05, 3.63) is 164 Å². The summed E-state index contributed by atoms with van der Waals surface area (Å²) in [5.74, 6) is 2.41. The van der Waals surface area contributed by atoms with E-state index < -0.39 is 9.85 Å². The second-order valence-corrected chi connectivity index (χ2v) is 10.0. The SMILES string of the molecule is O=[N+]([O-])c1ccc(Oc2ccc(CNCc3cccc(CNCc4ccc(Oc5ccc([N+](=O)[O-])cc5)cc4)c3)cc2)cc1. The summed E-state index contributed by atoms with van der Waals surface area (Å²) < 4.78 is 11.6. The molecule has 2 N–H and O–H groups in total. The first-order chi connectivity index (χ1) is 21.4.